The highest BCUT2D eigenvalue weighted by Crippen LogP contribution is 2.68. The second-order valence-corrected chi connectivity index (χ2v) is 13.2. The fourth-order valence-electron chi connectivity index (χ4n) is 9.70. The first-order chi connectivity index (χ1) is 17.7. The lowest BCUT2D eigenvalue weighted by Gasteiger charge is -2.62. The fraction of sp³-hybridized carbons (Fsp3) is 0.767. The summed E-state index contributed by atoms with van der Waals surface area (Å²) in [5, 5.41) is 20.0. The number of Topliss-reactive ketones (excluding diaryl/α,β-unsaturated/α-hetero) is 1. The minimum atomic E-state index is -0.542. The molecular formula is C30H43N3O4. The van der Waals surface area contributed by atoms with Crippen LogP contribution in [-0.2, 0) is 16.1 Å². The summed E-state index contributed by atoms with van der Waals surface area (Å²) in [5.41, 5.74) is 1.24. The summed E-state index contributed by atoms with van der Waals surface area (Å²) in [5.74, 6) is 3.53. The van der Waals surface area contributed by atoms with E-state index in [0.29, 0.717) is 23.7 Å². The van der Waals surface area contributed by atoms with Crippen LogP contribution < -0.4 is 4.74 Å². The van der Waals surface area contributed by atoms with E-state index in [4.69, 9.17) is 9.47 Å². The second-order valence-electron chi connectivity index (χ2n) is 13.2. The molecule has 1 heterocycles. The van der Waals surface area contributed by atoms with Crippen molar-refractivity contribution in [3.05, 3.63) is 18.2 Å². The van der Waals surface area contributed by atoms with Crippen molar-refractivity contribution in [2.24, 2.45) is 40.4 Å². The van der Waals surface area contributed by atoms with E-state index in [1.165, 1.54) is 19.3 Å². The summed E-state index contributed by atoms with van der Waals surface area (Å²) in [4.78, 5) is 15.3. The Morgan fingerprint density at radius 2 is 1.84 bits per heavy atom. The number of aliphatic hydroxyl groups is 1. The normalized spacial score (nSPS) is 41.2. The Balaban J connectivity index is 1.21. The van der Waals surface area contributed by atoms with Crippen LogP contribution in [0.25, 0.3) is 11.0 Å². The van der Waals surface area contributed by atoms with E-state index >= 15 is 0 Å². The average Bonchev–Trinajstić information content (AvgIpc) is 3.43. The van der Waals surface area contributed by atoms with Gasteiger partial charge in [-0.3, -0.25) is 4.79 Å². The molecule has 7 heteroatoms. The molecule has 4 aliphatic rings. The van der Waals surface area contributed by atoms with Gasteiger partial charge in [-0.15, -0.1) is 0 Å². The third-order valence-corrected chi connectivity index (χ3v) is 11.4. The van der Waals surface area contributed by atoms with Gasteiger partial charge < -0.3 is 14.6 Å². The van der Waals surface area contributed by atoms with E-state index in [-0.39, 0.29) is 29.1 Å². The van der Waals surface area contributed by atoms with E-state index in [1.807, 2.05) is 32.2 Å². The lowest BCUT2D eigenvalue weighted by Crippen LogP contribution is -2.58. The molecule has 0 spiro atoms. The second kappa shape index (κ2) is 9.04. The predicted octanol–water partition coefficient (Wildman–Crippen LogP) is 5.05. The van der Waals surface area contributed by atoms with Gasteiger partial charge in [0.05, 0.1) is 19.3 Å². The molecule has 37 heavy (non-hydrogen) atoms. The van der Waals surface area contributed by atoms with E-state index in [0.717, 1.165) is 61.9 Å². The molecule has 1 aromatic carbocycles. The van der Waals surface area contributed by atoms with Gasteiger partial charge in [0.1, 0.15) is 23.3 Å². The van der Waals surface area contributed by atoms with Gasteiger partial charge in [0.25, 0.3) is 0 Å². The van der Waals surface area contributed by atoms with Crippen LogP contribution in [0.5, 0.6) is 5.75 Å². The molecule has 4 fully saturated rings. The number of fused-ring (bicyclic) bond motifs is 6. The number of hydrogen-bond acceptors (Lipinski definition) is 6. The smallest absolute Gasteiger partial charge is 0.159 e. The first-order valence-corrected chi connectivity index (χ1v) is 14.3. The fourth-order valence-corrected chi connectivity index (χ4v) is 9.70. The topological polar surface area (TPSA) is 86.5 Å². The summed E-state index contributed by atoms with van der Waals surface area (Å²) in [7, 11) is 3.49. The average molecular weight is 510 g/mol. The largest absolute Gasteiger partial charge is 0.497 e. The SMILES string of the molecule is COCC12CCC(C)(O)CC1CCC1C3CCC(C(=O)Cn4nc5ccc(OC)cc5n4)C3(C)CCC12. The van der Waals surface area contributed by atoms with E-state index in [9.17, 15) is 9.90 Å². The highest BCUT2D eigenvalue weighted by molar-refractivity contribution is 5.82. The van der Waals surface area contributed by atoms with Crippen molar-refractivity contribution in [3.8, 4) is 5.75 Å². The van der Waals surface area contributed by atoms with Crippen LogP contribution in [0.15, 0.2) is 18.2 Å². The molecule has 4 saturated carbocycles. The zero-order valence-electron chi connectivity index (χ0n) is 22.9. The Kier molecular flexibility index (Phi) is 6.18. The Labute approximate surface area is 220 Å². The standard InChI is InChI=1S/C30H43N3O4/c1-28(35)13-14-30(18-36-3)19(16-28)5-7-21-22-8-9-24(29(22,2)12-11-23(21)30)27(34)17-33-31-25-10-6-20(37-4)15-26(25)32-33/h6,10,15,19,21-24,35H,5,7-9,11-14,16-18H2,1-4H3. The Morgan fingerprint density at radius 1 is 1.03 bits per heavy atom. The number of hydrogen-bond donors (Lipinski definition) is 1. The number of rotatable bonds is 6. The van der Waals surface area contributed by atoms with Crippen molar-refractivity contribution in [1.29, 1.82) is 0 Å². The number of ether oxygens (including phenoxy) is 2. The maximum absolute atomic E-state index is 13.7. The van der Waals surface area contributed by atoms with Crippen molar-refractivity contribution >= 4 is 16.8 Å². The Hall–Kier alpha value is -1.99. The lowest BCUT2D eigenvalue weighted by molar-refractivity contribution is -0.175. The van der Waals surface area contributed by atoms with Crippen molar-refractivity contribution in [1.82, 2.24) is 15.0 Å². The third-order valence-electron chi connectivity index (χ3n) is 11.4. The predicted molar refractivity (Wildman–Crippen MR) is 141 cm³/mol. The van der Waals surface area contributed by atoms with Crippen molar-refractivity contribution in [2.45, 2.75) is 83.8 Å². The van der Waals surface area contributed by atoms with Gasteiger partial charge in [-0.2, -0.15) is 15.0 Å². The minimum absolute atomic E-state index is 0.0509. The molecule has 2 aromatic rings. The summed E-state index contributed by atoms with van der Waals surface area (Å²) >= 11 is 0. The molecular weight excluding hydrogens is 466 g/mol. The van der Waals surface area contributed by atoms with Crippen LogP contribution in [0.2, 0.25) is 0 Å². The van der Waals surface area contributed by atoms with Gasteiger partial charge in [0.2, 0.25) is 0 Å². The van der Waals surface area contributed by atoms with Gasteiger partial charge in [-0.1, -0.05) is 6.92 Å². The Bertz CT molecular complexity index is 1180. The molecule has 8 atom stereocenters. The van der Waals surface area contributed by atoms with Crippen molar-refractivity contribution < 1.29 is 19.4 Å². The molecule has 0 bridgehead atoms. The lowest BCUT2D eigenvalue weighted by atomic mass is 9.43. The minimum Gasteiger partial charge on any atom is -0.497 e. The highest BCUT2D eigenvalue weighted by Gasteiger charge is 2.63. The van der Waals surface area contributed by atoms with Gasteiger partial charge in [0.15, 0.2) is 5.78 Å². The van der Waals surface area contributed by atoms with Crippen molar-refractivity contribution in [2.75, 3.05) is 20.8 Å². The molecule has 0 saturated heterocycles. The van der Waals surface area contributed by atoms with Gasteiger partial charge >= 0.3 is 0 Å². The molecule has 202 valence electrons. The maximum atomic E-state index is 13.7. The van der Waals surface area contributed by atoms with Crippen LogP contribution in [0.3, 0.4) is 0 Å². The number of aromatic nitrogens is 3. The van der Waals surface area contributed by atoms with Crippen LogP contribution in [0.4, 0.5) is 0 Å². The molecule has 4 aliphatic carbocycles. The number of carbonyl (C=O) groups excluding carboxylic acids is 1. The number of nitrogens with zero attached hydrogens (tertiary/aromatic N) is 3. The Morgan fingerprint density at radius 3 is 2.62 bits per heavy atom. The summed E-state index contributed by atoms with van der Waals surface area (Å²) in [6, 6.07) is 5.64. The summed E-state index contributed by atoms with van der Waals surface area (Å²) in [6.07, 6.45) is 9.65. The number of carbonyl (C=O) groups is 1. The molecule has 1 aromatic heterocycles. The number of methoxy groups -OCH3 is 2. The number of benzene rings is 1. The van der Waals surface area contributed by atoms with E-state index in [1.54, 1.807) is 11.9 Å². The number of ketones is 1. The first kappa shape index (κ1) is 25.3. The third kappa shape index (κ3) is 4.03. The van der Waals surface area contributed by atoms with E-state index in [2.05, 4.69) is 17.1 Å². The zero-order valence-corrected chi connectivity index (χ0v) is 22.9. The quantitative estimate of drug-likeness (QED) is 0.587. The summed E-state index contributed by atoms with van der Waals surface area (Å²) < 4.78 is 11.2. The van der Waals surface area contributed by atoms with Crippen LogP contribution >= 0.6 is 0 Å². The molecule has 8 unspecified atom stereocenters. The molecule has 0 radical (unpaired) electrons. The molecule has 7 nitrogen and oxygen atoms in total. The summed E-state index contributed by atoms with van der Waals surface area (Å²) in [6.45, 7) is 5.48. The molecule has 1 N–H and O–H groups in total. The van der Waals surface area contributed by atoms with Crippen LogP contribution in [0.1, 0.15) is 71.6 Å². The van der Waals surface area contributed by atoms with Crippen LogP contribution in [-0.4, -0.2) is 52.3 Å². The molecule has 0 aliphatic heterocycles. The first-order valence-electron chi connectivity index (χ1n) is 14.3. The van der Waals surface area contributed by atoms with Gasteiger partial charge in [-0.25, -0.2) is 0 Å². The zero-order chi connectivity index (χ0) is 26.0. The van der Waals surface area contributed by atoms with Gasteiger partial charge in [-0.05, 0) is 111 Å². The van der Waals surface area contributed by atoms with Crippen LogP contribution in [0, 0.1) is 40.4 Å². The highest BCUT2D eigenvalue weighted by atomic mass is 16.5. The van der Waals surface area contributed by atoms with E-state index < -0.39 is 5.60 Å². The monoisotopic (exact) mass is 509 g/mol. The van der Waals surface area contributed by atoms with Gasteiger partial charge in [0, 0.05) is 19.1 Å². The molecule has 0 amide bonds. The molecule has 6 rings (SSSR count). The van der Waals surface area contributed by atoms with Crippen molar-refractivity contribution in [3.63, 3.8) is 0 Å². The maximum Gasteiger partial charge on any atom is 0.159 e.